The van der Waals surface area contributed by atoms with Crippen LogP contribution < -0.4 is 11.5 Å². The Morgan fingerprint density at radius 3 is 0.925 bits per heavy atom. The summed E-state index contributed by atoms with van der Waals surface area (Å²) in [5.41, 5.74) is 21.6. The largest absolute Gasteiger partial charge is 0.399 e. The molecule has 0 saturated carbocycles. The zero-order valence-electron chi connectivity index (χ0n) is 24.6. The lowest BCUT2D eigenvalue weighted by molar-refractivity contribution is 0.567. The molecule has 0 fully saturated rings. The first-order valence-corrected chi connectivity index (χ1v) is 15.4. The lowest BCUT2D eigenvalue weighted by Crippen LogP contribution is -1.97. The van der Waals surface area contributed by atoms with E-state index < -0.39 is 0 Å². The normalized spacial score (nSPS) is 12.8. The Kier molecular flexibility index (Phi) is 11.3. The smallest absolute Gasteiger partial charge is 0.0314 e. The van der Waals surface area contributed by atoms with E-state index in [0.717, 1.165) is 11.4 Å². The highest BCUT2D eigenvalue weighted by molar-refractivity contribution is 5.44. The molecule has 0 heterocycles. The van der Waals surface area contributed by atoms with Gasteiger partial charge in [-0.25, -0.2) is 0 Å². The SMILES string of the molecule is CC(c1ccc(N)cc1)c1ccc(CCCCCCCCCCc2ccc(C(C)c3ccc(N)cc3)cc2)cc1. The molecule has 0 spiro atoms. The monoisotopic (exact) mass is 532 g/mol. The summed E-state index contributed by atoms with van der Waals surface area (Å²) in [7, 11) is 0. The van der Waals surface area contributed by atoms with Crippen LogP contribution in [-0.4, -0.2) is 0 Å². The fourth-order valence-electron chi connectivity index (χ4n) is 5.62. The van der Waals surface area contributed by atoms with Gasteiger partial charge >= 0.3 is 0 Å². The molecule has 0 aliphatic heterocycles. The number of nitrogens with two attached hydrogens (primary N) is 2. The van der Waals surface area contributed by atoms with Crippen molar-refractivity contribution in [3.8, 4) is 0 Å². The molecule has 2 unspecified atom stereocenters. The second-order valence-electron chi connectivity index (χ2n) is 11.6. The Labute approximate surface area is 242 Å². The Hall–Kier alpha value is -3.52. The van der Waals surface area contributed by atoms with Gasteiger partial charge in [-0.05, 0) is 83.3 Å². The maximum Gasteiger partial charge on any atom is 0.0314 e. The van der Waals surface area contributed by atoms with E-state index in [-0.39, 0.29) is 0 Å². The van der Waals surface area contributed by atoms with Crippen LogP contribution in [0.2, 0.25) is 0 Å². The number of unbranched alkanes of at least 4 members (excludes halogenated alkanes) is 7. The molecule has 0 saturated heterocycles. The van der Waals surface area contributed by atoms with Crippen LogP contribution in [0.3, 0.4) is 0 Å². The van der Waals surface area contributed by atoms with Crippen LogP contribution in [0, 0.1) is 0 Å². The number of benzene rings is 4. The van der Waals surface area contributed by atoms with Crippen LogP contribution in [0.5, 0.6) is 0 Å². The summed E-state index contributed by atoms with van der Waals surface area (Å²) in [6, 6.07) is 35.0. The molecule has 2 heteroatoms. The minimum absolute atomic E-state index is 0.393. The summed E-state index contributed by atoms with van der Waals surface area (Å²) in [4.78, 5) is 0. The highest BCUT2D eigenvalue weighted by Gasteiger charge is 2.09. The molecular weight excluding hydrogens is 484 g/mol. The van der Waals surface area contributed by atoms with Gasteiger partial charge < -0.3 is 11.5 Å². The molecule has 0 bridgehead atoms. The summed E-state index contributed by atoms with van der Waals surface area (Å²) in [6.45, 7) is 4.53. The topological polar surface area (TPSA) is 52.0 Å². The van der Waals surface area contributed by atoms with Gasteiger partial charge in [-0.2, -0.15) is 0 Å². The van der Waals surface area contributed by atoms with Gasteiger partial charge in [-0.1, -0.05) is 125 Å². The molecule has 2 nitrogen and oxygen atoms in total. The van der Waals surface area contributed by atoms with Crippen LogP contribution in [-0.2, 0) is 12.8 Å². The molecule has 40 heavy (non-hydrogen) atoms. The van der Waals surface area contributed by atoms with E-state index in [9.17, 15) is 0 Å². The molecule has 4 aromatic carbocycles. The van der Waals surface area contributed by atoms with Gasteiger partial charge in [0.1, 0.15) is 0 Å². The molecule has 0 aromatic heterocycles. The van der Waals surface area contributed by atoms with Crippen molar-refractivity contribution in [1.29, 1.82) is 0 Å². The van der Waals surface area contributed by atoms with Crippen LogP contribution in [0.1, 0.15) is 110 Å². The second-order valence-corrected chi connectivity index (χ2v) is 11.6. The first-order valence-electron chi connectivity index (χ1n) is 15.4. The van der Waals surface area contributed by atoms with E-state index in [1.165, 1.54) is 97.6 Å². The quantitative estimate of drug-likeness (QED) is 0.118. The number of anilines is 2. The summed E-state index contributed by atoms with van der Waals surface area (Å²) < 4.78 is 0. The van der Waals surface area contributed by atoms with E-state index in [0.29, 0.717) is 11.8 Å². The zero-order valence-corrected chi connectivity index (χ0v) is 24.6. The van der Waals surface area contributed by atoms with E-state index in [4.69, 9.17) is 11.5 Å². The van der Waals surface area contributed by atoms with Crippen molar-refractivity contribution in [3.05, 3.63) is 130 Å². The summed E-state index contributed by atoms with van der Waals surface area (Å²) >= 11 is 0. The highest BCUT2D eigenvalue weighted by atomic mass is 14.5. The highest BCUT2D eigenvalue weighted by Crippen LogP contribution is 2.27. The predicted molar refractivity (Wildman–Crippen MR) is 174 cm³/mol. The van der Waals surface area contributed by atoms with Gasteiger partial charge in [0.05, 0.1) is 0 Å². The molecule has 0 radical (unpaired) electrons. The van der Waals surface area contributed by atoms with Crippen molar-refractivity contribution < 1.29 is 0 Å². The number of hydrogen-bond donors (Lipinski definition) is 2. The first-order chi connectivity index (χ1) is 19.5. The molecular formula is C38H48N2. The van der Waals surface area contributed by atoms with Crippen LogP contribution >= 0.6 is 0 Å². The van der Waals surface area contributed by atoms with E-state index >= 15 is 0 Å². The van der Waals surface area contributed by atoms with Gasteiger partial charge in [0.15, 0.2) is 0 Å². The standard InChI is InChI=1S/C38H48N2/c1-29(35-21-25-37(39)26-22-35)33-17-13-31(14-18-33)11-9-7-5-3-4-6-8-10-12-32-15-19-34(20-16-32)30(2)36-23-27-38(40)28-24-36/h13-30H,3-12,39-40H2,1-2H3. The van der Waals surface area contributed by atoms with Crippen molar-refractivity contribution in [3.63, 3.8) is 0 Å². The number of rotatable bonds is 15. The maximum absolute atomic E-state index is 5.83. The molecule has 0 aliphatic carbocycles. The van der Waals surface area contributed by atoms with Gasteiger partial charge in [0.25, 0.3) is 0 Å². The van der Waals surface area contributed by atoms with Gasteiger partial charge in [0, 0.05) is 23.2 Å². The molecule has 210 valence electrons. The number of nitrogen functional groups attached to an aromatic ring is 2. The third-order valence-corrected chi connectivity index (χ3v) is 8.51. The van der Waals surface area contributed by atoms with Gasteiger partial charge in [-0.15, -0.1) is 0 Å². The molecule has 0 aliphatic rings. The predicted octanol–water partition coefficient (Wildman–Crippen LogP) is 10.1. The average molecular weight is 533 g/mol. The molecule has 4 rings (SSSR count). The number of aryl methyl sites for hydroxylation is 2. The summed E-state index contributed by atoms with van der Waals surface area (Å²) in [5, 5.41) is 0. The molecule has 0 amide bonds. The molecule has 2 atom stereocenters. The van der Waals surface area contributed by atoms with Crippen molar-refractivity contribution in [1.82, 2.24) is 0 Å². The number of hydrogen-bond acceptors (Lipinski definition) is 2. The average Bonchev–Trinajstić information content (AvgIpc) is 2.99. The van der Waals surface area contributed by atoms with Crippen molar-refractivity contribution in [2.75, 3.05) is 11.5 Å². The third kappa shape index (κ3) is 9.01. The Balaban J connectivity index is 1.03. The van der Waals surface area contributed by atoms with Gasteiger partial charge in [0.2, 0.25) is 0 Å². The summed E-state index contributed by atoms with van der Waals surface area (Å²) in [6.07, 6.45) is 13.1. The Morgan fingerprint density at radius 2 is 0.625 bits per heavy atom. The lowest BCUT2D eigenvalue weighted by atomic mass is 9.92. The van der Waals surface area contributed by atoms with Crippen LogP contribution in [0.4, 0.5) is 11.4 Å². The van der Waals surface area contributed by atoms with E-state index in [2.05, 4.69) is 86.6 Å². The Morgan fingerprint density at radius 1 is 0.375 bits per heavy atom. The van der Waals surface area contributed by atoms with E-state index in [1.54, 1.807) is 0 Å². The Bertz CT molecular complexity index is 1150. The fourth-order valence-corrected chi connectivity index (χ4v) is 5.62. The van der Waals surface area contributed by atoms with Crippen molar-refractivity contribution >= 4 is 11.4 Å². The van der Waals surface area contributed by atoms with Gasteiger partial charge in [-0.3, -0.25) is 0 Å². The molecule has 4 N–H and O–H groups in total. The zero-order chi connectivity index (χ0) is 28.2. The summed E-state index contributed by atoms with van der Waals surface area (Å²) in [5.74, 6) is 0.787. The van der Waals surface area contributed by atoms with Crippen molar-refractivity contribution in [2.45, 2.75) is 89.9 Å². The lowest BCUT2D eigenvalue weighted by Gasteiger charge is -2.13. The second kappa shape index (κ2) is 15.3. The van der Waals surface area contributed by atoms with Crippen LogP contribution in [0.15, 0.2) is 97.1 Å². The van der Waals surface area contributed by atoms with E-state index in [1.807, 2.05) is 24.3 Å². The first kappa shape index (κ1) is 29.5. The minimum atomic E-state index is 0.393. The maximum atomic E-state index is 5.83. The van der Waals surface area contributed by atoms with Crippen molar-refractivity contribution in [2.24, 2.45) is 0 Å². The van der Waals surface area contributed by atoms with Crippen LogP contribution in [0.25, 0.3) is 0 Å². The molecule has 4 aromatic rings. The third-order valence-electron chi connectivity index (χ3n) is 8.51. The fraction of sp³-hybridized carbons (Fsp3) is 0.368. The minimum Gasteiger partial charge on any atom is -0.399 e.